The first-order chi connectivity index (χ1) is 26.2. The van der Waals surface area contributed by atoms with Crippen LogP contribution < -0.4 is 0 Å². The Hall–Kier alpha value is -6.41. The SMILES string of the molecule is C=Cc1ccccc1-c1ccc2c(c1)C1(c3ccccc3-2)c2ccccc2-c2ccc(-c3cccc4c5cc(Cl)ccc5n(-c5ccccc5)c34)cc21. The number of halogens is 1. The summed E-state index contributed by atoms with van der Waals surface area (Å²) >= 11 is 6.64. The van der Waals surface area contributed by atoms with Crippen molar-refractivity contribution in [3.63, 3.8) is 0 Å². The quantitative estimate of drug-likeness (QED) is 0.173. The third kappa shape index (κ3) is 4.09. The van der Waals surface area contributed by atoms with Gasteiger partial charge in [-0.3, -0.25) is 0 Å². The van der Waals surface area contributed by atoms with Crippen LogP contribution in [-0.4, -0.2) is 4.57 Å². The molecule has 0 amide bonds. The number of para-hydroxylation sites is 2. The lowest BCUT2D eigenvalue weighted by molar-refractivity contribution is 0.794. The summed E-state index contributed by atoms with van der Waals surface area (Å²) in [7, 11) is 0. The van der Waals surface area contributed by atoms with Gasteiger partial charge in [0.15, 0.2) is 0 Å². The van der Waals surface area contributed by atoms with E-state index in [4.69, 9.17) is 11.6 Å². The number of nitrogens with zero attached hydrogens (tertiary/aromatic N) is 1. The monoisotopic (exact) mass is 693 g/mol. The summed E-state index contributed by atoms with van der Waals surface area (Å²) in [5.74, 6) is 0. The van der Waals surface area contributed by atoms with Crippen molar-refractivity contribution in [1.29, 1.82) is 0 Å². The third-order valence-corrected chi connectivity index (χ3v) is 11.9. The molecule has 1 unspecified atom stereocenters. The van der Waals surface area contributed by atoms with E-state index in [1.165, 1.54) is 77.7 Å². The van der Waals surface area contributed by atoms with Crippen LogP contribution in [0.5, 0.6) is 0 Å². The first-order valence-corrected chi connectivity index (χ1v) is 18.5. The molecule has 1 nitrogen and oxygen atoms in total. The molecule has 0 fully saturated rings. The minimum Gasteiger partial charge on any atom is -0.309 e. The summed E-state index contributed by atoms with van der Waals surface area (Å²) < 4.78 is 2.40. The van der Waals surface area contributed by atoms with Gasteiger partial charge in [0, 0.05) is 27.0 Å². The Balaban J connectivity index is 1.23. The Kier molecular flexibility index (Phi) is 6.44. The van der Waals surface area contributed by atoms with Gasteiger partial charge in [-0.05, 0) is 109 Å². The van der Waals surface area contributed by atoms with E-state index in [1.807, 2.05) is 12.1 Å². The molecule has 0 bridgehead atoms. The highest BCUT2D eigenvalue weighted by atomic mass is 35.5. The molecule has 2 aliphatic carbocycles. The zero-order valence-corrected chi connectivity index (χ0v) is 29.6. The molecule has 53 heavy (non-hydrogen) atoms. The number of hydrogen-bond acceptors (Lipinski definition) is 0. The highest BCUT2D eigenvalue weighted by molar-refractivity contribution is 6.32. The molecule has 0 saturated carbocycles. The van der Waals surface area contributed by atoms with E-state index < -0.39 is 5.41 Å². The highest BCUT2D eigenvalue weighted by Gasteiger charge is 2.51. The summed E-state index contributed by atoms with van der Waals surface area (Å²) in [6, 6.07) is 64.5. The number of benzene rings is 8. The molecule has 2 heteroatoms. The summed E-state index contributed by atoms with van der Waals surface area (Å²) in [6.07, 6.45) is 1.96. The summed E-state index contributed by atoms with van der Waals surface area (Å²) in [4.78, 5) is 0. The summed E-state index contributed by atoms with van der Waals surface area (Å²) in [5.41, 5.74) is 19.3. The Bertz CT molecular complexity index is 2970. The van der Waals surface area contributed by atoms with Crippen LogP contribution in [-0.2, 0) is 5.41 Å². The Morgan fingerprint density at radius 3 is 1.70 bits per heavy atom. The molecule has 9 aromatic rings. The zero-order valence-electron chi connectivity index (χ0n) is 28.9. The van der Waals surface area contributed by atoms with Gasteiger partial charge in [-0.1, -0.05) is 158 Å². The van der Waals surface area contributed by atoms with Crippen molar-refractivity contribution in [3.8, 4) is 50.2 Å². The molecule has 0 N–H and O–H groups in total. The molecule has 0 saturated heterocycles. The van der Waals surface area contributed by atoms with E-state index >= 15 is 0 Å². The third-order valence-electron chi connectivity index (χ3n) is 11.7. The van der Waals surface area contributed by atoms with E-state index in [9.17, 15) is 0 Å². The lowest BCUT2D eigenvalue weighted by Gasteiger charge is -2.31. The van der Waals surface area contributed by atoms with Crippen LogP contribution >= 0.6 is 11.6 Å². The number of hydrogen-bond donors (Lipinski definition) is 0. The maximum absolute atomic E-state index is 6.64. The van der Waals surface area contributed by atoms with Crippen LogP contribution in [0.15, 0.2) is 183 Å². The standard InChI is InChI=1S/C51H32ClN/c1-2-32-13-6-7-16-37(32)33-23-26-41-39-17-8-10-21-45(39)51(47(41)29-33)46-22-11-9-18-40(46)42-27-24-34(30-48(42)51)38-19-12-20-43-44-31-35(52)25-28-49(44)53(50(38)43)36-14-4-3-5-15-36/h2-31H,1H2. The molecule has 11 rings (SSSR count). The van der Waals surface area contributed by atoms with E-state index in [-0.39, 0.29) is 0 Å². The molecule has 8 aromatic carbocycles. The average Bonchev–Trinajstić information content (AvgIpc) is 3.82. The van der Waals surface area contributed by atoms with Crippen LogP contribution in [0.4, 0.5) is 0 Å². The maximum Gasteiger partial charge on any atom is 0.0725 e. The molecule has 1 atom stereocenters. The highest BCUT2D eigenvalue weighted by Crippen LogP contribution is 2.63. The van der Waals surface area contributed by atoms with Crippen molar-refractivity contribution in [3.05, 3.63) is 215 Å². The Morgan fingerprint density at radius 2 is 1.02 bits per heavy atom. The van der Waals surface area contributed by atoms with Gasteiger partial charge >= 0.3 is 0 Å². The van der Waals surface area contributed by atoms with Gasteiger partial charge in [0.1, 0.15) is 0 Å². The summed E-state index contributed by atoms with van der Waals surface area (Å²) in [5, 5.41) is 3.07. The van der Waals surface area contributed by atoms with Gasteiger partial charge in [-0.25, -0.2) is 0 Å². The van der Waals surface area contributed by atoms with Gasteiger partial charge in [-0.2, -0.15) is 0 Å². The number of fused-ring (bicyclic) bond motifs is 13. The van der Waals surface area contributed by atoms with Crippen molar-refractivity contribution in [2.75, 3.05) is 0 Å². The van der Waals surface area contributed by atoms with Gasteiger partial charge in [0.2, 0.25) is 0 Å². The van der Waals surface area contributed by atoms with E-state index in [0.29, 0.717) is 0 Å². The van der Waals surface area contributed by atoms with Crippen LogP contribution in [0.2, 0.25) is 5.02 Å². The van der Waals surface area contributed by atoms with Gasteiger partial charge in [0.25, 0.3) is 0 Å². The fourth-order valence-electron chi connectivity index (χ4n) is 9.53. The molecule has 0 radical (unpaired) electrons. The number of rotatable bonds is 4. The fraction of sp³-hybridized carbons (Fsp3) is 0.0196. The first-order valence-electron chi connectivity index (χ1n) is 18.2. The molecular formula is C51H32ClN. The van der Waals surface area contributed by atoms with Crippen molar-refractivity contribution in [2.45, 2.75) is 5.41 Å². The van der Waals surface area contributed by atoms with Crippen molar-refractivity contribution >= 4 is 39.5 Å². The van der Waals surface area contributed by atoms with Crippen LogP contribution in [0.3, 0.4) is 0 Å². The molecule has 0 aliphatic heterocycles. The van der Waals surface area contributed by atoms with Crippen LogP contribution in [0, 0.1) is 0 Å². The largest absolute Gasteiger partial charge is 0.309 e. The van der Waals surface area contributed by atoms with E-state index in [1.54, 1.807) is 0 Å². The minimum absolute atomic E-state index is 0.486. The Labute approximate surface area is 313 Å². The Morgan fingerprint density at radius 1 is 0.453 bits per heavy atom. The zero-order chi connectivity index (χ0) is 35.3. The molecular weight excluding hydrogens is 662 g/mol. The lowest BCUT2D eigenvalue weighted by Crippen LogP contribution is -2.26. The van der Waals surface area contributed by atoms with E-state index in [2.05, 4.69) is 181 Å². The van der Waals surface area contributed by atoms with Crippen molar-refractivity contribution in [2.24, 2.45) is 0 Å². The van der Waals surface area contributed by atoms with Crippen molar-refractivity contribution < 1.29 is 0 Å². The minimum atomic E-state index is -0.486. The predicted octanol–water partition coefficient (Wildman–Crippen LogP) is 13.8. The second kappa shape index (κ2) is 11.3. The summed E-state index contributed by atoms with van der Waals surface area (Å²) in [6.45, 7) is 4.15. The second-order valence-electron chi connectivity index (χ2n) is 14.2. The van der Waals surface area contributed by atoms with E-state index in [0.717, 1.165) is 27.2 Å². The smallest absolute Gasteiger partial charge is 0.0725 e. The number of aromatic nitrogens is 1. The topological polar surface area (TPSA) is 4.93 Å². The predicted molar refractivity (Wildman–Crippen MR) is 223 cm³/mol. The van der Waals surface area contributed by atoms with Gasteiger partial charge < -0.3 is 4.57 Å². The first kappa shape index (κ1) is 30.2. The molecule has 2 aliphatic rings. The molecule has 248 valence electrons. The molecule has 1 heterocycles. The van der Waals surface area contributed by atoms with Crippen LogP contribution in [0.25, 0.3) is 78.1 Å². The average molecular weight is 694 g/mol. The van der Waals surface area contributed by atoms with Gasteiger partial charge in [0.05, 0.1) is 16.4 Å². The van der Waals surface area contributed by atoms with Crippen LogP contribution in [0.1, 0.15) is 27.8 Å². The van der Waals surface area contributed by atoms with Gasteiger partial charge in [-0.15, -0.1) is 0 Å². The fourth-order valence-corrected chi connectivity index (χ4v) is 9.70. The molecule has 1 spiro atoms. The molecule has 1 aromatic heterocycles. The second-order valence-corrected chi connectivity index (χ2v) is 14.6. The normalized spacial score (nSPS) is 15.0. The lowest BCUT2D eigenvalue weighted by atomic mass is 9.70. The van der Waals surface area contributed by atoms with Crippen molar-refractivity contribution in [1.82, 2.24) is 4.57 Å². The maximum atomic E-state index is 6.64.